The molecule has 0 bridgehead atoms. The number of hydrogen-bond donors (Lipinski definition) is 1. The number of rotatable bonds is 8. The normalized spacial score (nSPS) is 13.8. The highest BCUT2D eigenvalue weighted by molar-refractivity contribution is 6.20. The Hall–Kier alpha value is -9.52. The molecule has 0 radical (unpaired) electrons. The first-order valence-corrected chi connectivity index (χ1v) is 24.2. The van der Waals surface area contributed by atoms with Crippen molar-refractivity contribution < 1.29 is 0 Å². The molecule has 0 amide bonds. The van der Waals surface area contributed by atoms with Gasteiger partial charge in [0.05, 0.1) is 33.3 Å². The summed E-state index contributed by atoms with van der Waals surface area (Å²) in [5.41, 5.74) is 16.8. The molecule has 334 valence electrons. The maximum absolute atomic E-state index is 5.33. The molecule has 13 aromatic rings. The summed E-state index contributed by atoms with van der Waals surface area (Å²) >= 11 is 0. The van der Waals surface area contributed by atoms with Gasteiger partial charge in [0.1, 0.15) is 12.0 Å². The molecule has 4 heterocycles. The third kappa shape index (κ3) is 6.79. The van der Waals surface area contributed by atoms with Gasteiger partial charge in [-0.3, -0.25) is 0 Å². The number of fused-ring (bicyclic) bond motifs is 8. The highest BCUT2D eigenvalue weighted by Gasteiger charge is 2.24. The molecule has 14 rings (SSSR count). The highest BCUT2D eigenvalue weighted by atomic mass is 15.2. The number of nitrogens with one attached hydrogen (secondary N) is 1. The summed E-state index contributed by atoms with van der Waals surface area (Å²) in [6.45, 7) is 0. The van der Waals surface area contributed by atoms with Crippen LogP contribution in [0, 0.1) is 0 Å². The van der Waals surface area contributed by atoms with Gasteiger partial charge in [-0.15, -0.1) is 0 Å². The van der Waals surface area contributed by atoms with E-state index in [0.717, 1.165) is 61.7 Å². The zero-order valence-corrected chi connectivity index (χ0v) is 38.6. The molecule has 0 spiro atoms. The summed E-state index contributed by atoms with van der Waals surface area (Å²) in [6, 6.07) is 88.9. The predicted octanol–water partition coefficient (Wildman–Crippen LogP) is 15.7. The molecule has 71 heavy (non-hydrogen) atoms. The number of nitrogens with zero attached hydrogens (tertiary/aromatic N) is 5. The van der Waals surface area contributed by atoms with Crippen molar-refractivity contribution in [1.29, 1.82) is 0 Å². The van der Waals surface area contributed by atoms with Gasteiger partial charge in [-0.1, -0.05) is 182 Å². The molecular formula is C65H44N6. The smallest absolute Gasteiger partial charge is 0.159 e. The number of aliphatic imine (C=N–C) groups is 2. The molecule has 3 aromatic heterocycles. The van der Waals surface area contributed by atoms with Gasteiger partial charge in [-0.25, -0.2) is 9.98 Å². The van der Waals surface area contributed by atoms with Crippen LogP contribution in [0.3, 0.4) is 0 Å². The average Bonchev–Trinajstić information content (AvgIpc) is 4.14. The van der Waals surface area contributed by atoms with Gasteiger partial charge in [0.15, 0.2) is 5.84 Å². The lowest BCUT2D eigenvalue weighted by molar-refractivity contribution is 0.674. The summed E-state index contributed by atoms with van der Waals surface area (Å²) in [5, 5.41) is 9.77. The zero-order chi connectivity index (χ0) is 46.8. The first kappa shape index (κ1) is 40.5. The van der Waals surface area contributed by atoms with Crippen LogP contribution in [0.1, 0.15) is 22.9 Å². The Labute approximate surface area is 410 Å². The molecule has 1 N–H and O–H groups in total. The lowest BCUT2D eigenvalue weighted by atomic mass is 10.0. The van der Waals surface area contributed by atoms with E-state index in [1.54, 1.807) is 0 Å². The van der Waals surface area contributed by atoms with E-state index in [-0.39, 0.29) is 0 Å². The molecule has 6 nitrogen and oxygen atoms in total. The van der Waals surface area contributed by atoms with Crippen molar-refractivity contribution in [2.75, 3.05) is 0 Å². The first-order chi connectivity index (χ1) is 35.2. The Morgan fingerprint density at radius 3 is 1.73 bits per heavy atom. The lowest BCUT2D eigenvalue weighted by Crippen LogP contribution is -2.33. The number of amidine groups is 2. The van der Waals surface area contributed by atoms with Crippen LogP contribution in [0.25, 0.3) is 93.8 Å². The monoisotopic (exact) mass is 908 g/mol. The quantitative estimate of drug-likeness (QED) is 0.162. The van der Waals surface area contributed by atoms with Crippen molar-refractivity contribution in [1.82, 2.24) is 19.0 Å². The average molecular weight is 909 g/mol. The van der Waals surface area contributed by atoms with Gasteiger partial charge in [0.25, 0.3) is 0 Å². The Kier molecular flexibility index (Phi) is 9.49. The third-order valence-corrected chi connectivity index (χ3v) is 14.1. The van der Waals surface area contributed by atoms with Crippen molar-refractivity contribution in [3.8, 4) is 39.3 Å². The van der Waals surface area contributed by atoms with Crippen LogP contribution in [0.5, 0.6) is 0 Å². The summed E-state index contributed by atoms with van der Waals surface area (Å²) in [6.07, 6.45) is 1.86. The summed E-state index contributed by atoms with van der Waals surface area (Å²) in [7, 11) is 0. The van der Waals surface area contributed by atoms with Crippen molar-refractivity contribution in [3.05, 3.63) is 272 Å². The third-order valence-electron chi connectivity index (χ3n) is 14.1. The van der Waals surface area contributed by atoms with Crippen LogP contribution in [-0.2, 0) is 0 Å². The second-order valence-corrected chi connectivity index (χ2v) is 18.2. The minimum Gasteiger partial charge on any atom is -0.344 e. The van der Waals surface area contributed by atoms with Crippen LogP contribution >= 0.6 is 0 Å². The molecule has 0 aliphatic carbocycles. The fraction of sp³-hybridized carbons (Fsp3) is 0.0154. The fourth-order valence-electron chi connectivity index (χ4n) is 10.8. The molecule has 0 saturated heterocycles. The maximum atomic E-state index is 5.33. The molecule has 1 atom stereocenters. The van der Waals surface area contributed by atoms with Crippen LogP contribution in [0.4, 0.5) is 0 Å². The first-order valence-electron chi connectivity index (χ1n) is 24.2. The Bertz CT molecular complexity index is 4220. The van der Waals surface area contributed by atoms with Crippen molar-refractivity contribution in [3.63, 3.8) is 0 Å². The molecule has 10 aromatic carbocycles. The van der Waals surface area contributed by atoms with E-state index in [9.17, 15) is 0 Å². The van der Waals surface area contributed by atoms with E-state index < -0.39 is 6.17 Å². The molecule has 1 unspecified atom stereocenters. The van der Waals surface area contributed by atoms with Crippen molar-refractivity contribution >= 4 is 66.2 Å². The van der Waals surface area contributed by atoms with E-state index in [2.05, 4.69) is 262 Å². The second kappa shape index (κ2) is 16.6. The van der Waals surface area contributed by atoms with Gasteiger partial charge in [0, 0.05) is 55.6 Å². The van der Waals surface area contributed by atoms with Crippen molar-refractivity contribution in [2.45, 2.75) is 6.17 Å². The van der Waals surface area contributed by atoms with Gasteiger partial charge < -0.3 is 19.0 Å². The van der Waals surface area contributed by atoms with E-state index in [4.69, 9.17) is 9.98 Å². The molecular weight excluding hydrogens is 865 g/mol. The highest BCUT2D eigenvalue weighted by Crippen LogP contribution is 2.42. The van der Waals surface area contributed by atoms with E-state index >= 15 is 0 Å². The summed E-state index contributed by atoms with van der Waals surface area (Å²) in [4.78, 5) is 10.5. The number of para-hydroxylation sites is 2. The minimum atomic E-state index is -0.394. The van der Waals surface area contributed by atoms with Crippen LogP contribution in [-0.4, -0.2) is 25.4 Å². The van der Waals surface area contributed by atoms with Gasteiger partial charge in [-0.05, 0) is 94.5 Å². The van der Waals surface area contributed by atoms with Crippen LogP contribution < -0.4 is 5.32 Å². The zero-order valence-electron chi connectivity index (χ0n) is 38.6. The summed E-state index contributed by atoms with van der Waals surface area (Å²) < 4.78 is 7.23. The van der Waals surface area contributed by atoms with Crippen LogP contribution in [0.2, 0.25) is 0 Å². The maximum Gasteiger partial charge on any atom is 0.159 e. The minimum absolute atomic E-state index is 0.394. The standard InChI is InChI=1S/C65H44N6/c1-5-17-43(18-6-1)45-31-33-47(34-32-45)64-66-63(46-21-9-3-10-22-46)67-65(68-64)49-23-15-26-51(41-49)70-58-37-35-48(44-19-7-2-8-20-44)42-55(58)61-59(29-16-30-60(61)70)69-40-39-54-56(69)38-36-53-52-27-13-14-28-57(52)71(62(53)54)50-24-11-4-12-25-50/h1-42,65H,(H,66,67,68). The molecule has 1 aliphatic rings. The van der Waals surface area contributed by atoms with E-state index in [1.165, 1.54) is 54.7 Å². The molecule has 1 aliphatic heterocycles. The number of benzene rings is 10. The Balaban J connectivity index is 0.941. The Morgan fingerprint density at radius 1 is 0.366 bits per heavy atom. The lowest BCUT2D eigenvalue weighted by Gasteiger charge is -2.24. The topological polar surface area (TPSA) is 51.5 Å². The fourth-order valence-corrected chi connectivity index (χ4v) is 10.8. The number of aromatic nitrogens is 3. The Morgan fingerprint density at radius 2 is 0.958 bits per heavy atom. The van der Waals surface area contributed by atoms with Gasteiger partial charge in [-0.2, -0.15) is 0 Å². The molecule has 6 heteroatoms. The second-order valence-electron chi connectivity index (χ2n) is 18.2. The molecule has 0 fully saturated rings. The van der Waals surface area contributed by atoms with E-state index in [1.807, 2.05) is 12.1 Å². The molecule has 0 saturated carbocycles. The van der Waals surface area contributed by atoms with E-state index in [0.29, 0.717) is 5.84 Å². The van der Waals surface area contributed by atoms with Crippen LogP contribution in [0.15, 0.2) is 265 Å². The summed E-state index contributed by atoms with van der Waals surface area (Å²) in [5.74, 6) is 1.47. The largest absolute Gasteiger partial charge is 0.344 e. The van der Waals surface area contributed by atoms with Crippen molar-refractivity contribution in [2.24, 2.45) is 9.98 Å². The van der Waals surface area contributed by atoms with Gasteiger partial charge >= 0.3 is 0 Å². The SMILES string of the molecule is c1ccc(C2=NC(c3ccc(-c4ccccc4)cc3)=NC(c3cccc(-n4c5ccc(-c6ccccc6)cc5c5c(-n6ccc7c6ccc6c8ccccc8n(-c8ccccc8)c67)cccc54)c3)N2)cc1. The number of hydrogen-bond acceptors (Lipinski definition) is 3. The van der Waals surface area contributed by atoms with Gasteiger partial charge in [0.2, 0.25) is 0 Å². The predicted molar refractivity (Wildman–Crippen MR) is 295 cm³/mol.